The second-order valence-corrected chi connectivity index (χ2v) is 8.59. The fourth-order valence-corrected chi connectivity index (χ4v) is 5.29. The summed E-state index contributed by atoms with van der Waals surface area (Å²) >= 11 is 1.80. The zero-order valence-electron chi connectivity index (χ0n) is 18.6. The van der Waals surface area contributed by atoms with Crippen molar-refractivity contribution in [1.29, 1.82) is 0 Å². The number of carbonyl (C=O) groups is 1. The maximum atomic E-state index is 8.00. The van der Waals surface area contributed by atoms with Gasteiger partial charge >= 0.3 is 0 Å². The van der Waals surface area contributed by atoms with E-state index >= 15 is 0 Å². The van der Waals surface area contributed by atoms with Gasteiger partial charge in [-0.05, 0) is 63.5 Å². The van der Waals surface area contributed by atoms with Gasteiger partial charge in [0.15, 0.2) is 5.13 Å². The predicted octanol–water partition coefficient (Wildman–Crippen LogP) is 5.73. The third-order valence-corrected chi connectivity index (χ3v) is 7.04. The van der Waals surface area contributed by atoms with Crippen LogP contribution in [0.1, 0.15) is 50.8 Å². The number of hydrogen-bond donors (Lipinski definition) is 0. The molecule has 0 N–H and O–H groups in total. The molecule has 2 saturated heterocycles. The standard InChI is InChI=1S/C21H29N3S.C2H6.CH2O/c1-16-3-5-20(6-4-16)23-11-7-18(8-12-23)19-9-13-24(14-10-19)21-22-17(2)15-25-21;2*1-2/h3-6,15,18-19H,7-14H2,1-2H3;1-2H3;1H2. The van der Waals surface area contributed by atoms with Crippen molar-refractivity contribution in [3.05, 3.63) is 40.9 Å². The van der Waals surface area contributed by atoms with Crippen molar-refractivity contribution in [1.82, 2.24) is 4.98 Å². The van der Waals surface area contributed by atoms with Crippen molar-refractivity contribution in [2.24, 2.45) is 11.8 Å². The number of aromatic nitrogens is 1. The van der Waals surface area contributed by atoms with E-state index < -0.39 is 0 Å². The molecule has 0 atom stereocenters. The summed E-state index contributed by atoms with van der Waals surface area (Å²) in [6.07, 6.45) is 5.39. The van der Waals surface area contributed by atoms with Gasteiger partial charge in [0.2, 0.25) is 0 Å². The Balaban J connectivity index is 0.000000707. The molecule has 2 aromatic rings. The van der Waals surface area contributed by atoms with Crippen molar-refractivity contribution in [3.8, 4) is 0 Å². The van der Waals surface area contributed by atoms with E-state index in [2.05, 4.69) is 58.3 Å². The van der Waals surface area contributed by atoms with Crippen LogP contribution in [0.25, 0.3) is 0 Å². The molecule has 0 amide bonds. The lowest BCUT2D eigenvalue weighted by Crippen LogP contribution is -2.40. The smallest absolute Gasteiger partial charge is 0.185 e. The summed E-state index contributed by atoms with van der Waals surface area (Å²) in [4.78, 5) is 17.7. The van der Waals surface area contributed by atoms with E-state index in [0.29, 0.717) is 0 Å². The minimum atomic E-state index is 0.914. The third kappa shape index (κ3) is 6.30. The molecule has 4 nitrogen and oxygen atoms in total. The van der Waals surface area contributed by atoms with Gasteiger partial charge in [-0.3, -0.25) is 0 Å². The highest BCUT2D eigenvalue weighted by molar-refractivity contribution is 7.13. The van der Waals surface area contributed by atoms with Crippen molar-refractivity contribution >= 4 is 28.9 Å². The quantitative estimate of drug-likeness (QED) is 0.641. The summed E-state index contributed by atoms with van der Waals surface area (Å²) in [7, 11) is 0. The molecule has 0 saturated carbocycles. The molecule has 29 heavy (non-hydrogen) atoms. The van der Waals surface area contributed by atoms with Gasteiger partial charge in [0.25, 0.3) is 0 Å². The van der Waals surface area contributed by atoms with Crippen LogP contribution in [0.2, 0.25) is 0 Å². The van der Waals surface area contributed by atoms with Crippen molar-refractivity contribution in [2.75, 3.05) is 36.0 Å². The average Bonchev–Trinajstić information content (AvgIpc) is 3.24. The molecule has 2 fully saturated rings. The maximum absolute atomic E-state index is 8.00. The zero-order valence-corrected chi connectivity index (χ0v) is 19.4. The molecule has 0 bridgehead atoms. The van der Waals surface area contributed by atoms with Crippen LogP contribution in [-0.2, 0) is 4.79 Å². The first-order valence-corrected chi connectivity index (χ1v) is 11.8. The van der Waals surface area contributed by atoms with Gasteiger partial charge < -0.3 is 14.6 Å². The Kier molecular flexibility index (Phi) is 9.65. The van der Waals surface area contributed by atoms with Gasteiger partial charge in [0.05, 0.1) is 5.69 Å². The van der Waals surface area contributed by atoms with Gasteiger partial charge in [-0.25, -0.2) is 4.98 Å². The van der Waals surface area contributed by atoms with Crippen molar-refractivity contribution < 1.29 is 4.79 Å². The highest BCUT2D eigenvalue weighted by Crippen LogP contribution is 2.35. The number of rotatable bonds is 3. The first-order valence-electron chi connectivity index (χ1n) is 11.0. The van der Waals surface area contributed by atoms with Gasteiger partial charge in [-0.15, -0.1) is 11.3 Å². The molecule has 2 aliphatic rings. The van der Waals surface area contributed by atoms with Crippen molar-refractivity contribution in [3.63, 3.8) is 0 Å². The monoisotopic (exact) mass is 415 g/mol. The maximum Gasteiger partial charge on any atom is 0.185 e. The number of anilines is 2. The number of nitrogens with zero attached hydrogens (tertiary/aromatic N) is 3. The highest BCUT2D eigenvalue weighted by atomic mass is 32.1. The van der Waals surface area contributed by atoms with Crippen LogP contribution in [0.5, 0.6) is 0 Å². The van der Waals surface area contributed by atoms with E-state index in [9.17, 15) is 0 Å². The molecule has 0 radical (unpaired) electrons. The minimum Gasteiger partial charge on any atom is -0.372 e. The van der Waals surface area contributed by atoms with E-state index in [1.165, 1.54) is 68.2 Å². The van der Waals surface area contributed by atoms with Crippen LogP contribution in [0, 0.1) is 25.7 Å². The Morgan fingerprint density at radius 3 is 1.79 bits per heavy atom. The highest BCUT2D eigenvalue weighted by Gasteiger charge is 2.30. The largest absolute Gasteiger partial charge is 0.372 e. The van der Waals surface area contributed by atoms with Crippen molar-refractivity contribution in [2.45, 2.75) is 53.4 Å². The normalized spacial score (nSPS) is 17.8. The average molecular weight is 416 g/mol. The summed E-state index contributed by atoms with van der Waals surface area (Å²) in [6, 6.07) is 9.03. The summed E-state index contributed by atoms with van der Waals surface area (Å²) in [5, 5.41) is 3.40. The van der Waals surface area contributed by atoms with Gasteiger partial charge in [0.1, 0.15) is 6.79 Å². The van der Waals surface area contributed by atoms with E-state index in [1.807, 2.05) is 20.6 Å². The Labute approximate surface area is 181 Å². The fraction of sp³-hybridized carbons (Fsp3) is 0.583. The number of hydrogen-bond acceptors (Lipinski definition) is 5. The number of carbonyl (C=O) groups excluding carboxylic acids is 1. The van der Waals surface area contributed by atoms with Gasteiger partial charge in [-0.1, -0.05) is 31.5 Å². The second-order valence-electron chi connectivity index (χ2n) is 7.76. The second kappa shape index (κ2) is 12.0. The van der Waals surface area contributed by atoms with E-state index in [-0.39, 0.29) is 0 Å². The lowest BCUT2D eigenvalue weighted by molar-refractivity contribution is -0.0979. The molecule has 160 valence electrons. The first-order chi connectivity index (χ1) is 14.2. The lowest BCUT2D eigenvalue weighted by Gasteiger charge is -2.40. The fourth-order valence-electron chi connectivity index (χ4n) is 4.43. The Morgan fingerprint density at radius 1 is 0.862 bits per heavy atom. The lowest BCUT2D eigenvalue weighted by atomic mass is 9.79. The number of thiazole rings is 1. The summed E-state index contributed by atoms with van der Waals surface area (Å²) in [6.45, 7) is 15.1. The summed E-state index contributed by atoms with van der Waals surface area (Å²) < 4.78 is 0. The van der Waals surface area contributed by atoms with E-state index in [1.54, 1.807) is 11.3 Å². The van der Waals surface area contributed by atoms with Crippen LogP contribution in [0.3, 0.4) is 0 Å². The molecule has 0 spiro atoms. The van der Waals surface area contributed by atoms with Crippen LogP contribution in [-0.4, -0.2) is 38.0 Å². The molecule has 5 heteroatoms. The topological polar surface area (TPSA) is 36.4 Å². The summed E-state index contributed by atoms with van der Waals surface area (Å²) in [5.41, 5.74) is 3.91. The molecule has 0 unspecified atom stereocenters. The van der Waals surface area contributed by atoms with E-state index in [0.717, 1.165) is 17.5 Å². The minimum absolute atomic E-state index is 0.914. The third-order valence-electron chi connectivity index (χ3n) is 6.02. The zero-order chi connectivity index (χ0) is 21.2. The molecule has 1 aromatic heterocycles. The summed E-state index contributed by atoms with van der Waals surface area (Å²) in [5.74, 6) is 1.83. The molecule has 3 heterocycles. The molecule has 4 rings (SSSR count). The van der Waals surface area contributed by atoms with Crippen LogP contribution < -0.4 is 9.80 Å². The Hall–Kier alpha value is -1.88. The van der Waals surface area contributed by atoms with Crippen LogP contribution in [0.4, 0.5) is 10.8 Å². The SMILES string of the molecule is C=O.CC.Cc1ccc(N2CCC(C3CCN(c4nc(C)cs4)CC3)CC2)cc1. The van der Waals surface area contributed by atoms with Crippen LogP contribution >= 0.6 is 11.3 Å². The van der Waals surface area contributed by atoms with Gasteiger partial charge in [-0.2, -0.15) is 0 Å². The first kappa shape index (κ1) is 23.4. The Morgan fingerprint density at radius 2 is 1.34 bits per heavy atom. The number of piperidine rings is 2. The van der Waals surface area contributed by atoms with Crippen LogP contribution in [0.15, 0.2) is 29.6 Å². The molecular weight excluding hydrogens is 378 g/mol. The molecular formula is C24H37N3OS. The molecule has 2 aliphatic heterocycles. The number of benzene rings is 1. The van der Waals surface area contributed by atoms with E-state index in [4.69, 9.17) is 4.79 Å². The molecule has 0 aliphatic carbocycles. The number of aryl methyl sites for hydroxylation is 2. The van der Waals surface area contributed by atoms with Gasteiger partial charge in [0, 0.05) is 37.2 Å². The molecule has 1 aromatic carbocycles. The Bertz CT molecular complexity index is 699. The predicted molar refractivity (Wildman–Crippen MR) is 126 cm³/mol.